The van der Waals surface area contributed by atoms with Gasteiger partial charge in [0, 0.05) is 4.88 Å². The van der Waals surface area contributed by atoms with E-state index >= 15 is 0 Å². The Morgan fingerprint density at radius 2 is 1.90 bits per heavy atom. The predicted octanol–water partition coefficient (Wildman–Crippen LogP) is 4.61. The Morgan fingerprint density at radius 3 is 2.55 bits per heavy atom. The Bertz CT molecular complexity index is 746. The van der Waals surface area contributed by atoms with Gasteiger partial charge < -0.3 is 4.74 Å². The standard InChI is InChI=1S/C13H7ClF2N2OS/c14-12-11-9(17-6-18-12)5-10(20-11)7-1-3-8(4-2-7)19-13(15)16/h1-6,13H. The predicted molar refractivity (Wildman–Crippen MR) is 74.5 cm³/mol. The van der Waals surface area contributed by atoms with Crippen molar-refractivity contribution < 1.29 is 13.5 Å². The quantitative estimate of drug-likeness (QED) is 0.662. The maximum absolute atomic E-state index is 12.1. The monoisotopic (exact) mass is 312 g/mol. The summed E-state index contributed by atoms with van der Waals surface area (Å²) in [6, 6.07) is 8.31. The fourth-order valence-corrected chi connectivity index (χ4v) is 3.02. The molecule has 0 N–H and O–H groups in total. The number of benzene rings is 1. The van der Waals surface area contributed by atoms with E-state index in [9.17, 15) is 8.78 Å². The van der Waals surface area contributed by atoms with Gasteiger partial charge >= 0.3 is 6.61 Å². The molecule has 0 fully saturated rings. The van der Waals surface area contributed by atoms with E-state index in [0.717, 1.165) is 20.7 Å². The summed E-state index contributed by atoms with van der Waals surface area (Å²) in [7, 11) is 0. The molecule has 7 heteroatoms. The van der Waals surface area contributed by atoms with Crippen LogP contribution in [0.1, 0.15) is 0 Å². The van der Waals surface area contributed by atoms with Crippen molar-refractivity contribution in [2.45, 2.75) is 6.61 Å². The second-order valence-corrected chi connectivity index (χ2v) is 5.30. The second kappa shape index (κ2) is 5.30. The number of halogens is 3. The summed E-state index contributed by atoms with van der Waals surface area (Å²) in [5.41, 5.74) is 1.64. The smallest absolute Gasteiger partial charge is 0.387 e. The van der Waals surface area contributed by atoms with Crippen molar-refractivity contribution in [3.8, 4) is 16.2 Å². The number of ether oxygens (including phenoxy) is 1. The molecule has 3 aromatic rings. The molecule has 0 aliphatic carbocycles. The molecule has 0 amide bonds. The van der Waals surface area contributed by atoms with E-state index in [1.807, 2.05) is 6.07 Å². The van der Waals surface area contributed by atoms with Crippen LogP contribution in [0.15, 0.2) is 36.7 Å². The fraction of sp³-hybridized carbons (Fsp3) is 0.0769. The van der Waals surface area contributed by atoms with Gasteiger partial charge in [0.15, 0.2) is 0 Å². The van der Waals surface area contributed by atoms with Crippen molar-refractivity contribution in [3.63, 3.8) is 0 Å². The molecule has 2 heterocycles. The zero-order chi connectivity index (χ0) is 14.1. The molecule has 0 bridgehead atoms. The van der Waals surface area contributed by atoms with Gasteiger partial charge in [-0.05, 0) is 35.9 Å². The maximum atomic E-state index is 12.1. The van der Waals surface area contributed by atoms with Gasteiger partial charge in [0.25, 0.3) is 0 Å². The van der Waals surface area contributed by atoms with Gasteiger partial charge in [-0.1, -0.05) is 11.6 Å². The molecule has 3 rings (SSSR count). The van der Waals surface area contributed by atoms with Crippen LogP contribution in [0.3, 0.4) is 0 Å². The number of hydrogen-bond acceptors (Lipinski definition) is 4. The molecule has 102 valence electrons. The molecule has 0 aliphatic heterocycles. The van der Waals surface area contributed by atoms with Crippen LogP contribution < -0.4 is 4.74 Å². The molecule has 2 aromatic heterocycles. The Labute approximate surface area is 121 Å². The second-order valence-electron chi connectivity index (χ2n) is 3.89. The normalized spacial score (nSPS) is 11.2. The van der Waals surface area contributed by atoms with Gasteiger partial charge in [-0.25, -0.2) is 9.97 Å². The first kappa shape index (κ1) is 13.2. The summed E-state index contributed by atoms with van der Waals surface area (Å²) in [6.07, 6.45) is 1.40. The maximum Gasteiger partial charge on any atom is 0.387 e. The number of aromatic nitrogens is 2. The van der Waals surface area contributed by atoms with Crippen LogP contribution in [0, 0.1) is 0 Å². The number of alkyl halides is 2. The first-order valence-corrected chi connectivity index (χ1v) is 6.78. The van der Waals surface area contributed by atoms with Crippen molar-refractivity contribution in [2.24, 2.45) is 0 Å². The van der Waals surface area contributed by atoms with Crippen LogP contribution in [0.4, 0.5) is 8.78 Å². The Morgan fingerprint density at radius 1 is 1.15 bits per heavy atom. The van der Waals surface area contributed by atoms with Crippen LogP contribution in [-0.4, -0.2) is 16.6 Å². The topological polar surface area (TPSA) is 35.0 Å². The number of hydrogen-bond donors (Lipinski definition) is 0. The number of nitrogens with zero attached hydrogens (tertiary/aromatic N) is 2. The largest absolute Gasteiger partial charge is 0.435 e. The lowest BCUT2D eigenvalue weighted by Crippen LogP contribution is -2.01. The highest BCUT2D eigenvalue weighted by molar-refractivity contribution is 7.22. The SMILES string of the molecule is FC(F)Oc1ccc(-c2cc3ncnc(Cl)c3s2)cc1. The highest BCUT2D eigenvalue weighted by Gasteiger charge is 2.09. The summed E-state index contributed by atoms with van der Waals surface area (Å²) in [5, 5.41) is 0.406. The van der Waals surface area contributed by atoms with Crippen molar-refractivity contribution in [3.05, 3.63) is 41.8 Å². The summed E-state index contributed by atoms with van der Waals surface area (Å²) in [4.78, 5) is 8.99. The Hall–Kier alpha value is -1.79. The minimum Gasteiger partial charge on any atom is -0.435 e. The molecule has 0 aliphatic rings. The molecule has 20 heavy (non-hydrogen) atoms. The van der Waals surface area contributed by atoms with E-state index in [1.54, 1.807) is 12.1 Å². The highest BCUT2D eigenvalue weighted by Crippen LogP contribution is 2.35. The Kier molecular flexibility index (Phi) is 3.50. The third kappa shape index (κ3) is 2.57. The van der Waals surface area contributed by atoms with E-state index in [0.29, 0.717) is 5.15 Å². The van der Waals surface area contributed by atoms with Crippen molar-refractivity contribution in [2.75, 3.05) is 0 Å². The zero-order valence-electron chi connectivity index (χ0n) is 9.89. The lowest BCUT2D eigenvalue weighted by molar-refractivity contribution is -0.0498. The first-order chi connectivity index (χ1) is 9.63. The zero-order valence-corrected chi connectivity index (χ0v) is 11.5. The van der Waals surface area contributed by atoms with Crippen LogP contribution in [0.2, 0.25) is 5.15 Å². The molecule has 0 saturated carbocycles. The van der Waals surface area contributed by atoms with E-state index in [-0.39, 0.29) is 5.75 Å². The summed E-state index contributed by atoms with van der Waals surface area (Å²) >= 11 is 7.45. The first-order valence-electron chi connectivity index (χ1n) is 5.59. The molecule has 0 unspecified atom stereocenters. The average molecular weight is 313 g/mol. The van der Waals surface area contributed by atoms with Gasteiger partial charge in [-0.2, -0.15) is 8.78 Å². The van der Waals surface area contributed by atoms with Crippen LogP contribution in [-0.2, 0) is 0 Å². The van der Waals surface area contributed by atoms with Crippen molar-refractivity contribution >= 4 is 33.2 Å². The van der Waals surface area contributed by atoms with E-state index < -0.39 is 6.61 Å². The van der Waals surface area contributed by atoms with Gasteiger partial charge in [-0.3, -0.25) is 0 Å². The molecule has 0 radical (unpaired) electrons. The minimum absolute atomic E-state index is 0.127. The molecule has 0 saturated heterocycles. The molecular formula is C13H7ClF2N2OS. The molecule has 0 spiro atoms. The lowest BCUT2D eigenvalue weighted by Gasteiger charge is -2.04. The fourth-order valence-electron chi connectivity index (χ4n) is 1.77. The Balaban J connectivity index is 1.96. The van der Waals surface area contributed by atoms with E-state index in [2.05, 4.69) is 14.7 Å². The van der Waals surface area contributed by atoms with Crippen molar-refractivity contribution in [1.29, 1.82) is 0 Å². The van der Waals surface area contributed by atoms with Gasteiger partial charge in [-0.15, -0.1) is 11.3 Å². The molecule has 3 nitrogen and oxygen atoms in total. The number of rotatable bonds is 3. The van der Waals surface area contributed by atoms with Gasteiger partial charge in [0.1, 0.15) is 17.2 Å². The molecule has 1 aromatic carbocycles. The summed E-state index contributed by atoms with van der Waals surface area (Å²) in [6.45, 7) is -2.82. The highest BCUT2D eigenvalue weighted by atomic mass is 35.5. The average Bonchev–Trinajstić information content (AvgIpc) is 2.84. The van der Waals surface area contributed by atoms with Gasteiger partial charge in [0.2, 0.25) is 0 Å². The summed E-state index contributed by atoms with van der Waals surface area (Å²) in [5.74, 6) is 0.127. The van der Waals surface area contributed by atoms with Crippen molar-refractivity contribution in [1.82, 2.24) is 9.97 Å². The van der Waals surface area contributed by atoms with Crippen LogP contribution in [0.25, 0.3) is 20.7 Å². The van der Waals surface area contributed by atoms with Crippen LogP contribution in [0.5, 0.6) is 5.75 Å². The number of fused-ring (bicyclic) bond motifs is 1. The minimum atomic E-state index is -2.82. The van der Waals surface area contributed by atoms with E-state index in [4.69, 9.17) is 11.6 Å². The molecular weight excluding hydrogens is 306 g/mol. The van der Waals surface area contributed by atoms with E-state index in [1.165, 1.54) is 29.8 Å². The summed E-state index contributed by atoms with van der Waals surface area (Å²) < 4.78 is 29.3. The molecule has 0 atom stereocenters. The lowest BCUT2D eigenvalue weighted by atomic mass is 10.2. The third-order valence-corrected chi connectivity index (χ3v) is 4.21. The third-order valence-electron chi connectivity index (χ3n) is 2.63. The number of thiophene rings is 1. The van der Waals surface area contributed by atoms with Crippen LogP contribution >= 0.6 is 22.9 Å². The van der Waals surface area contributed by atoms with Gasteiger partial charge in [0.05, 0.1) is 10.2 Å².